The van der Waals surface area contributed by atoms with E-state index in [4.69, 9.17) is 19.5 Å². The first-order chi connectivity index (χ1) is 6.74. The van der Waals surface area contributed by atoms with Crippen LogP contribution in [-0.2, 0) is 14.4 Å². The van der Waals surface area contributed by atoms with Gasteiger partial charge in [0.15, 0.2) is 0 Å². The van der Waals surface area contributed by atoms with E-state index in [1.807, 2.05) is 0 Å². The maximum absolute atomic E-state index is 8.82. The van der Waals surface area contributed by atoms with Gasteiger partial charge < -0.3 is 34.5 Å². The molecule has 0 aliphatic heterocycles. The SMILES string of the molecule is [CH2-]N=C=O.[CH2-]N=C=O.[CH2-]N=C=O.[CH2-]O.[U+2].[U].[U]. The summed E-state index contributed by atoms with van der Waals surface area (Å²) in [6.07, 6.45) is 3.58. The van der Waals surface area contributed by atoms with Crippen molar-refractivity contribution in [3.63, 3.8) is 0 Å². The summed E-state index contributed by atoms with van der Waals surface area (Å²) in [4.78, 5) is 34.5. The minimum atomic E-state index is 0. The number of isocyanates is 3. The molecule has 0 aromatic heterocycles. The molecule has 1 N–H and O–H groups in total. The molecule has 0 atom stereocenters. The Bertz CT molecular complexity index is 184. The summed E-state index contributed by atoms with van der Waals surface area (Å²) in [7, 11) is 10.7. The summed E-state index contributed by atoms with van der Waals surface area (Å²) >= 11 is 0. The van der Waals surface area contributed by atoms with E-state index in [1.54, 1.807) is 0 Å². The van der Waals surface area contributed by atoms with Gasteiger partial charge in [0.2, 0.25) is 0 Å². The van der Waals surface area contributed by atoms with Gasteiger partial charge in [0.25, 0.3) is 0 Å². The van der Waals surface area contributed by atoms with Gasteiger partial charge in [0, 0.05) is 62.2 Å². The molecule has 0 bridgehead atoms. The van der Waals surface area contributed by atoms with Crippen molar-refractivity contribution in [3.05, 3.63) is 28.3 Å². The molecular formula is C7H9N3O4U3-2. The van der Waals surface area contributed by atoms with Crippen LogP contribution in [0.3, 0.4) is 0 Å². The molecule has 0 aliphatic carbocycles. The number of aliphatic imine (C=N–C) groups is 3. The molecule has 0 aromatic carbocycles. The number of carbonyl (C=O) groups excluding carboxylic acids is 3. The molecule has 0 saturated heterocycles. The number of nitrogens with zero attached hydrogens (tertiary/aromatic N) is 3. The maximum atomic E-state index is 8.82. The Kier molecular flexibility index (Phi) is 228. The third-order valence-electron chi connectivity index (χ3n) is 0.194. The van der Waals surface area contributed by atoms with Gasteiger partial charge in [0.1, 0.15) is 0 Å². The molecule has 7 nitrogen and oxygen atoms in total. The fourth-order valence-corrected chi connectivity index (χ4v) is 0. The summed E-state index contributed by atoms with van der Waals surface area (Å²) in [5.41, 5.74) is 0. The van der Waals surface area contributed by atoms with Crippen LogP contribution in [0.25, 0.3) is 0 Å². The summed E-state index contributed by atoms with van der Waals surface area (Å²) in [6, 6.07) is 0. The van der Waals surface area contributed by atoms with E-state index < -0.39 is 0 Å². The van der Waals surface area contributed by atoms with Crippen LogP contribution >= 0.6 is 0 Å². The van der Waals surface area contributed by atoms with Crippen molar-refractivity contribution in [3.8, 4) is 0 Å². The standard InChI is InChI=1S/3C2H2NO.CH3O.3U/c3*1-3-2-4;1-2;;;/h3*1H2;2H,1H2;;;/q4*-1;;;+2. The minimum Gasteiger partial charge on any atom is -0.569 e. The van der Waals surface area contributed by atoms with E-state index in [-0.39, 0.29) is 93.3 Å². The fourth-order valence-electron chi connectivity index (χ4n) is 0. The molecule has 0 aromatic rings. The number of hydrogen-bond acceptors (Lipinski definition) is 7. The van der Waals surface area contributed by atoms with Gasteiger partial charge in [-0.1, -0.05) is 0 Å². The second-order valence-electron chi connectivity index (χ2n) is 0.748. The molecule has 0 amide bonds. The van der Waals surface area contributed by atoms with Gasteiger partial charge >= 0.3 is 31.1 Å². The zero-order chi connectivity index (χ0) is 12.2. The van der Waals surface area contributed by atoms with Crippen LogP contribution in [0.1, 0.15) is 0 Å². The Morgan fingerprint density at radius 2 is 0.765 bits per heavy atom. The monoisotopic (exact) mass is 913 g/mol. The van der Waals surface area contributed by atoms with E-state index in [0.717, 1.165) is 0 Å². The predicted octanol–water partition coefficient (Wildman–Crippen LogP) is 0.492. The van der Waals surface area contributed by atoms with E-state index in [9.17, 15) is 0 Å². The normalized spacial score (nSPS) is 3.18. The average Bonchev–Trinajstić information content (AvgIpc) is 2.31. The smallest absolute Gasteiger partial charge is 0.569 e. The van der Waals surface area contributed by atoms with E-state index >= 15 is 0 Å². The zero-order valence-corrected chi connectivity index (χ0v) is 21.3. The van der Waals surface area contributed by atoms with Crippen LogP contribution in [0.5, 0.6) is 0 Å². The number of aliphatic hydroxyl groups is 1. The second kappa shape index (κ2) is 90.1. The zero-order valence-electron chi connectivity index (χ0n) is 8.84. The van der Waals surface area contributed by atoms with E-state index in [2.05, 4.69) is 43.2 Å². The molecule has 0 heterocycles. The van der Waals surface area contributed by atoms with Crippen molar-refractivity contribution in [2.45, 2.75) is 0 Å². The second-order valence-corrected chi connectivity index (χ2v) is 0.748. The summed E-state index contributed by atoms with van der Waals surface area (Å²) in [5, 5.41) is 6.75. The quantitative estimate of drug-likeness (QED) is 0.217. The van der Waals surface area contributed by atoms with E-state index in [1.165, 1.54) is 18.2 Å². The van der Waals surface area contributed by atoms with Crippen molar-refractivity contribution < 1.29 is 113 Å². The third kappa shape index (κ3) is 249. The molecule has 0 saturated carbocycles. The minimum absolute atomic E-state index is 0. The molecule has 0 fully saturated rings. The Labute approximate surface area is 172 Å². The van der Waals surface area contributed by atoms with Crippen LogP contribution < -0.4 is 0 Å². The van der Waals surface area contributed by atoms with Gasteiger partial charge in [-0.15, -0.1) is 0 Å². The molecule has 0 radical (unpaired) electrons. The van der Waals surface area contributed by atoms with Crippen molar-refractivity contribution in [1.82, 2.24) is 0 Å². The molecule has 0 aliphatic rings. The number of rotatable bonds is 0. The van der Waals surface area contributed by atoms with Crippen LogP contribution in [0, 0.1) is 122 Å². The van der Waals surface area contributed by atoms with Crippen molar-refractivity contribution >= 4 is 18.2 Å². The van der Waals surface area contributed by atoms with Crippen LogP contribution in [0.15, 0.2) is 15.0 Å². The topological polar surface area (TPSA) is 109 Å². The third-order valence-corrected chi connectivity index (χ3v) is 0.194. The summed E-state index contributed by atoms with van der Waals surface area (Å²) < 4.78 is 0. The molecular weight excluding hydrogens is 904 g/mol. The van der Waals surface area contributed by atoms with Gasteiger partial charge in [0.05, 0.1) is 0 Å². The molecule has 90 valence electrons. The first-order valence-electron chi connectivity index (χ1n) is 2.55. The fraction of sp³-hybridized carbons (Fsp3) is 0. The van der Waals surface area contributed by atoms with Gasteiger partial charge in [-0.2, -0.15) is 21.1 Å². The van der Waals surface area contributed by atoms with Crippen molar-refractivity contribution in [2.75, 3.05) is 0 Å². The number of hydrogen-bond donors (Lipinski definition) is 1. The van der Waals surface area contributed by atoms with Crippen LogP contribution in [0.2, 0.25) is 0 Å². The molecule has 17 heavy (non-hydrogen) atoms. The van der Waals surface area contributed by atoms with E-state index in [0.29, 0.717) is 0 Å². The molecule has 0 spiro atoms. The Balaban J connectivity index is -0.0000000152. The first kappa shape index (κ1) is 43.0. The molecule has 10 heteroatoms. The summed E-state index contributed by atoms with van der Waals surface area (Å²) in [5.74, 6) is 0. The largest absolute Gasteiger partial charge is 2.00 e. The Hall–Kier alpha value is 0.866. The first-order valence-corrected chi connectivity index (χ1v) is 2.55. The average molecular weight is 913 g/mol. The number of aliphatic hydroxyl groups excluding tert-OH is 1. The Morgan fingerprint density at radius 3 is 0.765 bits per heavy atom. The van der Waals surface area contributed by atoms with Crippen LogP contribution in [-0.4, -0.2) is 23.3 Å². The molecule has 0 unspecified atom stereocenters. The van der Waals surface area contributed by atoms with Crippen molar-refractivity contribution in [2.24, 2.45) is 15.0 Å². The molecule has 0 rings (SSSR count). The van der Waals surface area contributed by atoms with Gasteiger partial charge in [-0.25, -0.2) is 7.11 Å². The van der Waals surface area contributed by atoms with Gasteiger partial charge in [-0.05, 0) is 18.2 Å². The van der Waals surface area contributed by atoms with Gasteiger partial charge in [-0.3, -0.25) is 0 Å². The van der Waals surface area contributed by atoms with Crippen LogP contribution in [0.4, 0.5) is 0 Å². The maximum Gasteiger partial charge on any atom is 2.00 e. The predicted molar refractivity (Wildman–Crippen MR) is 47.7 cm³/mol. The Morgan fingerprint density at radius 1 is 0.706 bits per heavy atom. The summed E-state index contributed by atoms with van der Waals surface area (Å²) in [6.45, 7) is 0. The van der Waals surface area contributed by atoms with Crippen molar-refractivity contribution in [1.29, 1.82) is 0 Å².